The van der Waals surface area contributed by atoms with E-state index in [0.717, 1.165) is 0 Å². The fraction of sp³-hybridized carbons (Fsp3) is 0. The number of hydrogen-bond donors (Lipinski definition) is 2. The largest absolute Gasteiger partial charge is 0.389 e. The van der Waals surface area contributed by atoms with E-state index in [1.165, 1.54) is 6.20 Å². The van der Waals surface area contributed by atoms with Crippen molar-refractivity contribution in [2.45, 2.75) is 0 Å². The van der Waals surface area contributed by atoms with Crippen molar-refractivity contribution in [1.29, 1.82) is 5.26 Å². The van der Waals surface area contributed by atoms with E-state index in [2.05, 4.69) is 17.5 Å². The van der Waals surface area contributed by atoms with Gasteiger partial charge in [-0.05, 0) is 12.1 Å². The Morgan fingerprint density at radius 3 is 2.44 bits per heavy atom. The second-order valence-electron chi connectivity index (χ2n) is 2.78. The highest BCUT2D eigenvalue weighted by atomic mass is 35.5. The number of nitrogens with one attached hydrogen (secondary N) is 1. The van der Waals surface area contributed by atoms with Gasteiger partial charge in [-0.3, -0.25) is 0 Å². The maximum absolute atomic E-state index is 8.72. The first-order valence-electron chi connectivity index (χ1n) is 4.17. The van der Waals surface area contributed by atoms with E-state index in [4.69, 9.17) is 34.2 Å². The molecule has 0 spiro atoms. The molecule has 16 heavy (non-hydrogen) atoms. The van der Waals surface area contributed by atoms with Crippen LogP contribution in [0.3, 0.4) is 0 Å². The van der Waals surface area contributed by atoms with Gasteiger partial charge in [-0.1, -0.05) is 41.5 Å². The molecule has 0 aliphatic heterocycles. The van der Waals surface area contributed by atoms with Crippen molar-refractivity contribution >= 4 is 46.1 Å². The van der Waals surface area contributed by atoms with E-state index in [0.29, 0.717) is 15.7 Å². The molecule has 0 aliphatic rings. The van der Waals surface area contributed by atoms with Gasteiger partial charge in [0.15, 0.2) is 0 Å². The molecule has 0 atom stereocenters. The maximum atomic E-state index is 8.72. The SMILES string of the molecule is N#CC(=CNc1c(Cl)cccc1Cl)C(N)=S. The number of rotatable bonds is 3. The summed E-state index contributed by atoms with van der Waals surface area (Å²) in [5.74, 6) is 0. The van der Waals surface area contributed by atoms with E-state index < -0.39 is 0 Å². The average molecular weight is 272 g/mol. The molecule has 0 radical (unpaired) electrons. The van der Waals surface area contributed by atoms with Crippen LogP contribution in [0.25, 0.3) is 0 Å². The highest BCUT2D eigenvalue weighted by molar-refractivity contribution is 7.80. The van der Waals surface area contributed by atoms with E-state index in [9.17, 15) is 0 Å². The van der Waals surface area contributed by atoms with Gasteiger partial charge in [0.2, 0.25) is 0 Å². The topological polar surface area (TPSA) is 61.8 Å². The van der Waals surface area contributed by atoms with Gasteiger partial charge in [-0.2, -0.15) is 5.26 Å². The Bertz CT molecular complexity index is 471. The van der Waals surface area contributed by atoms with Crippen LogP contribution in [0.1, 0.15) is 0 Å². The number of benzene rings is 1. The zero-order valence-electron chi connectivity index (χ0n) is 8.00. The molecule has 3 N–H and O–H groups in total. The second kappa shape index (κ2) is 5.71. The highest BCUT2D eigenvalue weighted by Crippen LogP contribution is 2.29. The molecular formula is C10H7Cl2N3S. The minimum atomic E-state index is 0.0122. The lowest BCUT2D eigenvalue weighted by atomic mass is 10.3. The normalized spacial score (nSPS) is 10.7. The Morgan fingerprint density at radius 1 is 1.44 bits per heavy atom. The summed E-state index contributed by atoms with van der Waals surface area (Å²) >= 11 is 16.5. The number of nitriles is 1. The number of halogens is 2. The van der Waals surface area contributed by atoms with Crippen LogP contribution in [-0.4, -0.2) is 4.99 Å². The smallest absolute Gasteiger partial charge is 0.116 e. The summed E-state index contributed by atoms with van der Waals surface area (Å²) in [4.78, 5) is 0.0122. The molecule has 0 fully saturated rings. The number of nitrogens with two attached hydrogens (primary N) is 1. The lowest BCUT2D eigenvalue weighted by Gasteiger charge is -2.06. The molecule has 0 aliphatic carbocycles. The zero-order valence-corrected chi connectivity index (χ0v) is 10.3. The van der Waals surface area contributed by atoms with Crippen LogP contribution in [0.2, 0.25) is 10.0 Å². The first kappa shape index (κ1) is 12.8. The summed E-state index contributed by atoms with van der Waals surface area (Å²) in [5.41, 5.74) is 5.99. The molecule has 0 saturated carbocycles. The molecule has 1 rings (SSSR count). The van der Waals surface area contributed by atoms with Gasteiger partial charge >= 0.3 is 0 Å². The van der Waals surface area contributed by atoms with Crippen LogP contribution in [0.5, 0.6) is 0 Å². The van der Waals surface area contributed by atoms with Gasteiger partial charge in [0.05, 0.1) is 15.7 Å². The number of thiocarbonyl (C=S) groups is 1. The third-order valence-electron chi connectivity index (χ3n) is 1.71. The molecule has 0 heterocycles. The quantitative estimate of drug-likeness (QED) is 0.504. The van der Waals surface area contributed by atoms with Gasteiger partial charge in [0.25, 0.3) is 0 Å². The van der Waals surface area contributed by atoms with Gasteiger partial charge in [-0.15, -0.1) is 0 Å². The van der Waals surface area contributed by atoms with Crippen molar-refractivity contribution in [3.63, 3.8) is 0 Å². The Hall–Kier alpha value is -1.28. The highest BCUT2D eigenvalue weighted by Gasteiger charge is 2.04. The molecule has 3 nitrogen and oxygen atoms in total. The van der Waals surface area contributed by atoms with E-state index in [1.54, 1.807) is 18.2 Å². The van der Waals surface area contributed by atoms with Crippen LogP contribution in [-0.2, 0) is 0 Å². The van der Waals surface area contributed by atoms with Crippen molar-refractivity contribution in [3.8, 4) is 6.07 Å². The Morgan fingerprint density at radius 2 is 2.00 bits per heavy atom. The minimum Gasteiger partial charge on any atom is -0.389 e. The van der Waals surface area contributed by atoms with Crippen molar-refractivity contribution in [2.24, 2.45) is 5.73 Å². The number of hydrogen-bond acceptors (Lipinski definition) is 3. The molecule has 0 bridgehead atoms. The average Bonchev–Trinajstić information content (AvgIpc) is 2.22. The molecule has 1 aromatic rings. The Labute approximate surface area is 108 Å². The fourth-order valence-electron chi connectivity index (χ4n) is 0.939. The molecule has 0 amide bonds. The third-order valence-corrected chi connectivity index (χ3v) is 2.56. The number of nitrogens with zero attached hydrogens (tertiary/aromatic N) is 1. The van der Waals surface area contributed by atoms with Gasteiger partial charge in [0, 0.05) is 6.20 Å². The fourth-order valence-corrected chi connectivity index (χ4v) is 1.55. The van der Waals surface area contributed by atoms with E-state index in [1.807, 2.05) is 6.07 Å². The second-order valence-corrected chi connectivity index (χ2v) is 4.03. The van der Waals surface area contributed by atoms with Crippen molar-refractivity contribution < 1.29 is 0 Å². The van der Waals surface area contributed by atoms with Crippen molar-refractivity contribution in [2.75, 3.05) is 5.32 Å². The monoisotopic (exact) mass is 271 g/mol. The van der Waals surface area contributed by atoms with Gasteiger partial charge in [-0.25, -0.2) is 0 Å². The summed E-state index contributed by atoms with van der Waals surface area (Å²) in [6.07, 6.45) is 1.37. The zero-order chi connectivity index (χ0) is 12.1. The van der Waals surface area contributed by atoms with Crippen LogP contribution in [0, 0.1) is 11.3 Å². The lowest BCUT2D eigenvalue weighted by Crippen LogP contribution is -2.11. The maximum Gasteiger partial charge on any atom is 0.116 e. The Kier molecular flexibility index (Phi) is 4.56. The predicted molar refractivity (Wildman–Crippen MR) is 70.6 cm³/mol. The first-order valence-corrected chi connectivity index (χ1v) is 5.33. The van der Waals surface area contributed by atoms with Crippen LogP contribution >= 0.6 is 35.4 Å². The summed E-state index contributed by atoms with van der Waals surface area (Å²) in [6, 6.07) is 6.93. The minimum absolute atomic E-state index is 0.0122. The predicted octanol–water partition coefficient (Wildman–Crippen LogP) is 3.10. The van der Waals surface area contributed by atoms with Crippen LogP contribution in [0.15, 0.2) is 30.0 Å². The van der Waals surface area contributed by atoms with E-state index >= 15 is 0 Å². The standard InChI is InChI=1S/C10H7Cl2N3S/c11-7-2-1-3-8(12)9(7)15-5-6(4-13)10(14)16/h1-3,5,15H,(H2,14,16). The summed E-state index contributed by atoms with van der Waals surface area (Å²) in [7, 11) is 0. The lowest BCUT2D eigenvalue weighted by molar-refractivity contribution is 1.49. The molecule has 0 aromatic heterocycles. The molecule has 0 saturated heterocycles. The molecule has 1 aromatic carbocycles. The van der Waals surface area contributed by atoms with Gasteiger partial charge in [0.1, 0.15) is 16.6 Å². The van der Waals surface area contributed by atoms with Crippen LogP contribution in [0.4, 0.5) is 5.69 Å². The number of anilines is 1. The summed E-state index contributed by atoms with van der Waals surface area (Å²) < 4.78 is 0. The van der Waals surface area contributed by atoms with Crippen LogP contribution < -0.4 is 11.1 Å². The summed E-state index contributed by atoms with van der Waals surface area (Å²) in [6.45, 7) is 0. The molecular weight excluding hydrogens is 265 g/mol. The van der Waals surface area contributed by atoms with Crippen molar-refractivity contribution in [3.05, 3.63) is 40.0 Å². The molecule has 6 heteroatoms. The first-order chi connectivity index (χ1) is 7.56. The molecule has 82 valence electrons. The molecule has 0 unspecified atom stereocenters. The summed E-state index contributed by atoms with van der Waals surface area (Å²) in [5, 5.41) is 12.4. The van der Waals surface area contributed by atoms with E-state index in [-0.39, 0.29) is 10.6 Å². The van der Waals surface area contributed by atoms with Crippen molar-refractivity contribution in [1.82, 2.24) is 0 Å². The number of para-hydroxylation sites is 1. The Balaban J connectivity index is 2.99. The third kappa shape index (κ3) is 3.11. The van der Waals surface area contributed by atoms with Gasteiger partial charge < -0.3 is 11.1 Å².